The van der Waals surface area contributed by atoms with Crippen LogP contribution in [0.25, 0.3) is 0 Å². The average Bonchev–Trinajstić information content (AvgIpc) is 2.39. The van der Waals surface area contributed by atoms with E-state index in [0.29, 0.717) is 6.54 Å². The molecule has 0 aromatic heterocycles. The standard InChI is InChI=1S/C17H28N2O/c1-6-19(7-2)16(20)18-13-12-14-8-10-15(11-9-14)17(3,4)5/h8-11H,6-7,12-13H2,1-5H3,(H,18,20). The van der Waals surface area contributed by atoms with Gasteiger partial charge in [0.25, 0.3) is 0 Å². The number of rotatable bonds is 5. The molecular weight excluding hydrogens is 248 g/mol. The van der Waals surface area contributed by atoms with Gasteiger partial charge in [0.05, 0.1) is 0 Å². The van der Waals surface area contributed by atoms with Gasteiger partial charge in [-0.1, -0.05) is 45.0 Å². The van der Waals surface area contributed by atoms with Crippen molar-refractivity contribution in [3.05, 3.63) is 35.4 Å². The molecule has 0 bridgehead atoms. The first-order valence-corrected chi connectivity index (χ1v) is 7.50. The summed E-state index contributed by atoms with van der Waals surface area (Å²) in [5, 5.41) is 2.96. The lowest BCUT2D eigenvalue weighted by molar-refractivity contribution is 0.203. The summed E-state index contributed by atoms with van der Waals surface area (Å²) in [5.74, 6) is 0. The van der Waals surface area contributed by atoms with E-state index < -0.39 is 0 Å². The van der Waals surface area contributed by atoms with Crippen LogP contribution in [0.1, 0.15) is 45.7 Å². The second-order valence-corrected chi connectivity index (χ2v) is 6.10. The lowest BCUT2D eigenvalue weighted by atomic mass is 9.86. The van der Waals surface area contributed by atoms with Gasteiger partial charge in [0.1, 0.15) is 0 Å². The molecule has 3 heteroatoms. The Hall–Kier alpha value is -1.51. The van der Waals surface area contributed by atoms with Crippen LogP contribution in [0.5, 0.6) is 0 Å². The van der Waals surface area contributed by atoms with Crippen molar-refractivity contribution >= 4 is 6.03 Å². The smallest absolute Gasteiger partial charge is 0.317 e. The molecule has 1 aromatic rings. The molecule has 20 heavy (non-hydrogen) atoms. The lowest BCUT2D eigenvalue weighted by Gasteiger charge is -2.20. The van der Waals surface area contributed by atoms with Crippen LogP contribution in [0.4, 0.5) is 4.79 Å². The minimum atomic E-state index is 0.0290. The van der Waals surface area contributed by atoms with Crippen molar-refractivity contribution in [2.45, 2.75) is 46.5 Å². The van der Waals surface area contributed by atoms with Crippen molar-refractivity contribution in [1.29, 1.82) is 0 Å². The maximum atomic E-state index is 11.8. The summed E-state index contributed by atoms with van der Waals surface area (Å²) in [6.45, 7) is 12.8. The van der Waals surface area contributed by atoms with Gasteiger partial charge in [0.2, 0.25) is 0 Å². The fraction of sp³-hybridized carbons (Fsp3) is 0.588. The molecule has 0 aliphatic rings. The average molecular weight is 276 g/mol. The van der Waals surface area contributed by atoms with Crippen molar-refractivity contribution in [1.82, 2.24) is 10.2 Å². The Morgan fingerprint density at radius 3 is 2.10 bits per heavy atom. The minimum Gasteiger partial charge on any atom is -0.338 e. The van der Waals surface area contributed by atoms with Gasteiger partial charge in [-0.3, -0.25) is 0 Å². The molecule has 0 aliphatic carbocycles. The van der Waals surface area contributed by atoms with E-state index in [9.17, 15) is 4.79 Å². The number of amides is 2. The van der Waals surface area contributed by atoms with Gasteiger partial charge >= 0.3 is 6.03 Å². The number of nitrogens with zero attached hydrogens (tertiary/aromatic N) is 1. The Balaban J connectivity index is 2.45. The molecule has 1 rings (SSSR count). The zero-order valence-corrected chi connectivity index (χ0v) is 13.5. The number of nitrogens with one attached hydrogen (secondary N) is 1. The molecule has 0 heterocycles. The van der Waals surface area contributed by atoms with Crippen LogP contribution in [0.15, 0.2) is 24.3 Å². The Morgan fingerprint density at radius 1 is 1.10 bits per heavy atom. The third kappa shape index (κ3) is 4.87. The highest BCUT2D eigenvalue weighted by Crippen LogP contribution is 2.22. The quantitative estimate of drug-likeness (QED) is 0.876. The van der Waals surface area contributed by atoms with Crippen molar-refractivity contribution in [2.75, 3.05) is 19.6 Å². The molecule has 0 saturated carbocycles. The Labute approximate surface area is 123 Å². The monoisotopic (exact) mass is 276 g/mol. The SMILES string of the molecule is CCN(CC)C(=O)NCCc1ccc(C(C)(C)C)cc1. The van der Waals surface area contributed by atoms with Gasteiger partial charge < -0.3 is 10.2 Å². The van der Waals surface area contributed by atoms with E-state index in [-0.39, 0.29) is 11.4 Å². The van der Waals surface area contributed by atoms with E-state index in [1.807, 2.05) is 13.8 Å². The first-order chi connectivity index (χ1) is 9.38. The Morgan fingerprint density at radius 2 is 1.65 bits per heavy atom. The summed E-state index contributed by atoms with van der Waals surface area (Å²) in [6.07, 6.45) is 0.872. The molecule has 0 aliphatic heterocycles. The molecule has 0 saturated heterocycles. The van der Waals surface area contributed by atoms with Gasteiger partial charge in [-0.2, -0.15) is 0 Å². The van der Waals surface area contributed by atoms with Crippen molar-refractivity contribution < 1.29 is 4.79 Å². The molecule has 0 spiro atoms. The van der Waals surface area contributed by atoms with Crippen LogP contribution in [0.2, 0.25) is 0 Å². The molecule has 0 unspecified atom stereocenters. The van der Waals surface area contributed by atoms with Gasteiger partial charge in [-0.05, 0) is 36.8 Å². The Kier molecular flexibility index (Phi) is 6.05. The second kappa shape index (κ2) is 7.32. The molecule has 1 aromatic carbocycles. The van der Waals surface area contributed by atoms with E-state index in [1.165, 1.54) is 11.1 Å². The molecule has 0 fully saturated rings. The van der Waals surface area contributed by atoms with Crippen LogP contribution in [-0.2, 0) is 11.8 Å². The maximum absolute atomic E-state index is 11.8. The van der Waals surface area contributed by atoms with Crippen molar-refractivity contribution in [3.8, 4) is 0 Å². The largest absolute Gasteiger partial charge is 0.338 e. The fourth-order valence-electron chi connectivity index (χ4n) is 2.11. The maximum Gasteiger partial charge on any atom is 0.317 e. The number of urea groups is 1. The molecular formula is C17H28N2O. The van der Waals surface area contributed by atoms with Gasteiger partial charge in [-0.15, -0.1) is 0 Å². The summed E-state index contributed by atoms with van der Waals surface area (Å²) in [4.78, 5) is 13.6. The molecule has 3 nitrogen and oxygen atoms in total. The molecule has 1 N–H and O–H groups in total. The van der Waals surface area contributed by atoms with E-state index in [2.05, 4.69) is 50.4 Å². The zero-order valence-electron chi connectivity index (χ0n) is 13.5. The predicted molar refractivity (Wildman–Crippen MR) is 85.2 cm³/mol. The van der Waals surface area contributed by atoms with E-state index in [0.717, 1.165) is 19.5 Å². The zero-order chi connectivity index (χ0) is 15.2. The summed E-state index contributed by atoms with van der Waals surface area (Å²) >= 11 is 0. The van der Waals surface area contributed by atoms with Gasteiger partial charge in [0, 0.05) is 19.6 Å². The van der Waals surface area contributed by atoms with Crippen LogP contribution < -0.4 is 5.32 Å². The predicted octanol–water partition coefficient (Wildman–Crippen LogP) is 3.58. The van der Waals surface area contributed by atoms with Crippen LogP contribution in [0, 0.1) is 0 Å². The molecule has 0 radical (unpaired) electrons. The lowest BCUT2D eigenvalue weighted by Crippen LogP contribution is -2.40. The van der Waals surface area contributed by atoms with Crippen molar-refractivity contribution in [2.24, 2.45) is 0 Å². The number of hydrogen-bond acceptors (Lipinski definition) is 1. The fourth-order valence-corrected chi connectivity index (χ4v) is 2.11. The second-order valence-electron chi connectivity index (χ2n) is 6.10. The first-order valence-electron chi connectivity index (χ1n) is 7.50. The normalized spacial score (nSPS) is 11.2. The van der Waals surface area contributed by atoms with Crippen molar-refractivity contribution in [3.63, 3.8) is 0 Å². The molecule has 112 valence electrons. The number of carbonyl (C=O) groups excluding carboxylic acids is 1. The highest BCUT2D eigenvalue weighted by Gasteiger charge is 2.13. The van der Waals surface area contributed by atoms with Gasteiger partial charge in [-0.25, -0.2) is 4.79 Å². The van der Waals surface area contributed by atoms with Crippen LogP contribution >= 0.6 is 0 Å². The van der Waals surface area contributed by atoms with Crippen LogP contribution in [-0.4, -0.2) is 30.6 Å². The first kappa shape index (κ1) is 16.5. The number of benzene rings is 1. The topological polar surface area (TPSA) is 32.3 Å². The third-order valence-corrected chi connectivity index (χ3v) is 3.56. The van der Waals surface area contributed by atoms with E-state index >= 15 is 0 Å². The summed E-state index contributed by atoms with van der Waals surface area (Å²) in [7, 11) is 0. The summed E-state index contributed by atoms with van der Waals surface area (Å²) < 4.78 is 0. The summed E-state index contributed by atoms with van der Waals surface area (Å²) in [5.41, 5.74) is 2.79. The van der Waals surface area contributed by atoms with E-state index in [4.69, 9.17) is 0 Å². The van der Waals surface area contributed by atoms with E-state index in [1.54, 1.807) is 4.90 Å². The third-order valence-electron chi connectivity index (χ3n) is 3.56. The minimum absolute atomic E-state index is 0.0290. The number of hydrogen-bond donors (Lipinski definition) is 1. The number of carbonyl (C=O) groups is 1. The van der Waals surface area contributed by atoms with Crippen LogP contribution in [0.3, 0.4) is 0 Å². The summed E-state index contributed by atoms with van der Waals surface area (Å²) in [6, 6.07) is 8.71. The highest BCUT2D eigenvalue weighted by atomic mass is 16.2. The van der Waals surface area contributed by atoms with Gasteiger partial charge in [0.15, 0.2) is 0 Å². The molecule has 0 atom stereocenters. The Bertz CT molecular complexity index is 414. The molecule has 2 amide bonds. The highest BCUT2D eigenvalue weighted by molar-refractivity contribution is 5.74.